The van der Waals surface area contributed by atoms with Crippen LogP contribution in [-0.2, 0) is 45.9 Å². The van der Waals surface area contributed by atoms with Crippen LogP contribution in [0, 0.1) is 13.0 Å². The molecule has 0 saturated carbocycles. The normalized spacial score (nSPS) is 13.3. The van der Waals surface area contributed by atoms with Gasteiger partial charge < -0.3 is 0 Å². The molecule has 0 N–H and O–H groups in total. The molecule has 260 valence electrons. The second-order valence-corrected chi connectivity index (χ2v) is 19.5. The third-order valence-electron chi connectivity index (χ3n) is 9.25. The summed E-state index contributed by atoms with van der Waals surface area (Å²) < 4.78 is 1.34. The second kappa shape index (κ2) is 15.5. The van der Waals surface area contributed by atoms with Crippen LogP contribution in [0.3, 0.4) is 0 Å². The molecule has 5 aromatic carbocycles. The van der Waals surface area contributed by atoms with Gasteiger partial charge >= 0.3 is 116 Å². The molecule has 5 aromatic rings. The number of allylic oxidation sites excluding steroid dienone is 4. The van der Waals surface area contributed by atoms with E-state index in [1.54, 1.807) is 0 Å². The maximum atomic E-state index is 6.00. The van der Waals surface area contributed by atoms with Gasteiger partial charge in [-0.25, -0.2) is 12.2 Å². The van der Waals surface area contributed by atoms with Crippen molar-refractivity contribution in [2.45, 2.75) is 118 Å². The molecule has 1 aliphatic carbocycles. The van der Waals surface area contributed by atoms with E-state index in [-0.39, 0.29) is 21.7 Å². The Morgan fingerprint density at radius 3 is 1.44 bits per heavy atom. The molecule has 0 amide bonds. The Bertz CT molecular complexity index is 1920. The minimum atomic E-state index is 0.124. The summed E-state index contributed by atoms with van der Waals surface area (Å²) in [6.07, 6.45) is 10.0. The number of hydrogen-bond donors (Lipinski definition) is 0. The van der Waals surface area contributed by atoms with E-state index in [9.17, 15) is 0 Å². The summed E-state index contributed by atoms with van der Waals surface area (Å²) in [4.78, 5) is 0. The van der Waals surface area contributed by atoms with Gasteiger partial charge in [0.25, 0.3) is 0 Å². The molecule has 0 nitrogen and oxygen atoms in total. The van der Waals surface area contributed by atoms with Crippen molar-refractivity contribution in [3.63, 3.8) is 0 Å². The van der Waals surface area contributed by atoms with Crippen LogP contribution in [0.2, 0.25) is 5.02 Å². The maximum absolute atomic E-state index is 6.00. The first-order valence-corrected chi connectivity index (χ1v) is 19.5. The van der Waals surface area contributed by atoms with Crippen LogP contribution in [0.5, 0.6) is 0 Å². The van der Waals surface area contributed by atoms with Gasteiger partial charge in [0.1, 0.15) is 0 Å². The summed E-state index contributed by atoms with van der Waals surface area (Å²) in [7, 11) is 0. The molecule has 0 aliphatic heterocycles. The molecule has 50 heavy (non-hydrogen) atoms. The topological polar surface area (TPSA) is 0 Å². The van der Waals surface area contributed by atoms with Gasteiger partial charge in [0.05, 0.1) is 0 Å². The fraction of sp³-hybridized carbons (Fsp3) is 0.375. The van der Waals surface area contributed by atoms with Gasteiger partial charge in [-0.2, -0.15) is 6.08 Å². The Labute approximate surface area is 323 Å². The number of aryl methyl sites for hydroxylation is 1. The summed E-state index contributed by atoms with van der Waals surface area (Å²) in [5.41, 5.74) is 10.2. The first-order valence-electron chi connectivity index (χ1n) is 17.9. The van der Waals surface area contributed by atoms with Crippen LogP contribution >= 0.6 is 11.6 Å². The molecule has 0 aromatic heterocycles. The van der Waals surface area contributed by atoms with E-state index in [0.717, 1.165) is 11.4 Å². The van der Waals surface area contributed by atoms with Crippen LogP contribution in [0.4, 0.5) is 0 Å². The van der Waals surface area contributed by atoms with E-state index >= 15 is 0 Å². The zero-order chi connectivity index (χ0) is 37.2. The van der Waals surface area contributed by atoms with Crippen molar-refractivity contribution in [1.82, 2.24) is 0 Å². The third kappa shape index (κ3) is 9.98. The third-order valence-corrected chi connectivity index (χ3v) is 10.9. The Morgan fingerprint density at radius 2 is 1.08 bits per heavy atom. The molecule has 0 spiro atoms. The number of benzene rings is 4. The van der Waals surface area contributed by atoms with Gasteiger partial charge in [-0.3, -0.25) is 6.08 Å². The molecule has 1 aliphatic rings. The van der Waals surface area contributed by atoms with Crippen molar-refractivity contribution < 1.29 is 24.2 Å². The predicted molar refractivity (Wildman–Crippen MR) is 219 cm³/mol. The average molecular weight is 761 g/mol. The fourth-order valence-corrected chi connectivity index (χ4v) is 7.44. The summed E-state index contributed by atoms with van der Waals surface area (Å²) in [6, 6.07) is 29.0. The largest absolute Gasteiger partial charge is 0.273 e. The van der Waals surface area contributed by atoms with E-state index < -0.39 is 0 Å². The van der Waals surface area contributed by atoms with Crippen LogP contribution in [-0.4, -0.2) is 3.21 Å². The molecule has 0 bridgehead atoms. The number of rotatable bonds is 2. The van der Waals surface area contributed by atoms with Crippen molar-refractivity contribution >= 4 is 36.4 Å². The Balaban J connectivity index is 0.000000221. The second-order valence-electron chi connectivity index (χ2n) is 17.9. The molecule has 0 radical (unpaired) electrons. The maximum Gasteiger partial charge on any atom is -0.109 e. The zero-order valence-electron chi connectivity index (χ0n) is 32.8. The molecular formula is C48H57ClZr. The zero-order valence-corrected chi connectivity index (χ0v) is 36.0. The van der Waals surface area contributed by atoms with Crippen molar-refractivity contribution in [1.29, 1.82) is 0 Å². The van der Waals surface area contributed by atoms with E-state index in [0.29, 0.717) is 0 Å². The molecule has 2 heteroatoms. The molecule has 0 saturated heterocycles. The summed E-state index contributed by atoms with van der Waals surface area (Å²) >= 11 is 7.40. The van der Waals surface area contributed by atoms with E-state index in [4.69, 9.17) is 11.6 Å². The van der Waals surface area contributed by atoms with Gasteiger partial charge in [-0.15, -0.1) is 46.2 Å². The standard InChI is InChI=1S/C29H41.C14H11Cl.C5H5.Zr/c1-26(2,3)22-14-18-13-19-15-23(27(4,5)6)25(29(10,11)12)17-21(19)20(18)16-24(22)28(7,8)9;1-11-5-7-12(8-6-11)9-13-3-2-4-14(15)10-13;1-2-4-5-3-1;/h13-17H,1-12H3;2-8,10H,1H3;1-3H,4H2;/q-1;;-1;+2. The molecular weight excluding hydrogens is 703 g/mol. The number of hydrogen-bond acceptors (Lipinski definition) is 0. The molecule has 0 fully saturated rings. The average Bonchev–Trinajstić information content (AvgIpc) is 3.70. The van der Waals surface area contributed by atoms with E-state index in [2.05, 4.69) is 163 Å². The molecule has 0 atom stereocenters. The van der Waals surface area contributed by atoms with Crippen LogP contribution < -0.4 is 0 Å². The predicted octanol–water partition coefficient (Wildman–Crippen LogP) is 14.0. The first-order chi connectivity index (χ1) is 23.1. The fourth-order valence-electron chi connectivity index (χ4n) is 6.46. The quantitative estimate of drug-likeness (QED) is 0.157. The Hall–Kier alpha value is -2.73. The van der Waals surface area contributed by atoms with Crippen LogP contribution in [0.15, 0.2) is 97.1 Å². The van der Waals surface area contributed by atoms with Gasteiger partial charge in [0.15, 0.2) is 0 Å². The van der Waals surface area contributed by atoms with Crippen molar-refractivity contribution in [2.75, 3.05) is 0 Å². The van der Waals surface area contributed by atoms with Gasteiger partial charge in [0, 0.05) is 0 Å². The monoisotopic (exact) mass is 758 g/mol. The number of halogens is 1. The van der Waals surface area contributed by atoms with Crippen molar-refractivity contribution in [2.24, 2.45) is 0 Å². The summed E-state index contributed by atoms with van der Waals surface area (Å²) in [5, 5.41) is 6.37. The molecule has 0 heterocycles. The van der Waals surface area contributed by atoms with E-state index in [1.165, 1.54) is 87.9 Å². The Morgan fingerprint density at radius 1 is 0.620 bits per heavy atom. The Kier molecular flexibility index (Phi) is 12.4. The first kappa shape index (κ1) is 40.0. The van der Waals surface area contributed by atoms with Crippen molar-refractivity contribution in [3.05, 3.63) is 147 Å². The summed E-state index contributed by atoms with van der Waals surface area (Å²) in [6.45, 7) is 30.2. The van der Waals surface area contributed by atoms with Gasteiger partial charge in [0.2, 0.25) is 0 Å². The van der Waals surface area contributed by atoms with Crippen LogP contribution in [0.25, 0.3) is 21.5 Å². The summed E-state index contributed by atoms with van der Waals surface area (Å²) in [5.74, 6) is 0. The van der Waals surface area contributed by atoms with Crippen molar-refractivity contribution in [3.8, 4) is 0 Å². The smallest absolute Gasteiger partial charge is 0.109 e. The molecule has 6 rings (SSSR count). The number of fused-ring (bicyclic) bond motifs is 3. The molecule has 0 unspecified atom stereocenters. The van der Waals surface area contributed by atoms with Gasteiger partial charge in [-0.05, 0) is 21.7 Å². The minimum absolute atomic E-state index is 0.124. The van der Waals surface area contributed by atoms with Gasteiger partial charge in [-0.1, -0.05) is 117 Å². The van der Waals surface area contributed by atoms with E-state index in [1.807, 2.05) is 30.4 Å². The SMILES string of the molecule is CC(C)(C)c1cc2[cH-]c3cc(C(C)(C)C)c(C(C)(C)C)cc3c2cc1C(C)(C)C.Cc1ccc([C](=[Zr+2])c2cccc(Cl)c2)cc1.[C-]1=CC=CC1. The minimum Gasteiger partial charge on any atom is -0.273 e. The van der Waals surface area contributed by atoms with Crippen LogP contribution in [0.1, 0.15) is 128 Å².